The van der Waals surface area contributed by atoms with Crippen LogP contribution in [0.1, 0.15) is 24.5 Å². The molecular formula is C16H20N2O. The maximum Gasteiger partial charge on any atom is 0.119 e. The van der Waals surface area contributed by atoms with Gasteiger partial charge in [0.1, 0.15) is 5.75 Å². The second kappa shape index (κ2) is 6.14. The third-order valence-electron chi connectivity index (χ3n) is 2.93. The zero-order chi connectivity index (χ0) is 13.7. The summed E-state index contributed by atoms with van der Waals surface area (Å²) in [5, 5.41) is 0. The lowest BCUT2D eigenvalue weighted by Crippen LogP contribution is -1.99. The van der Waals surface area contributed by atoms with Gasteiger partial charge in [-0.15, -0.1) is 0 Å². The molecule has 0 heterocycles. The van der Waals surface area contributed by atoms with Crippen molar-refractivity contribution in [1.29, 1.82) is 0 Å². The monoisotopic (exact) mass is 256 g/mol. The third kappa shape index (κ3) is 3.65. The van der Waals surface area contributed by atoms with Crippen LogP contribution in [-0.2, 0) is 6.42 Å². The maximum atomic E-state index is 5.97. The van der Waals surface area contributed by atoms with E-state index in [1.54, 1.807) is 0 Å². The Morgan fingerprint density at radius 3 is 2.68 bits per heavy atom. The van der Waals surface area contributed by atoms with Gasteiger partial charge in [-0.05, 0) is 54.3 Å². The first-order valence-corrected chi connectivity index (χ1v) is 6.54. The molecule has 4 N–H and O–H groups in total. The van der Waals surface area contributed by atoms with Crippen LogP contribution >= 0.6 is 0 Å². The Labute approximate surface area is 114 Å². The van der Waals surface area contributed by atoms with Gasteiger partial charge in [-0.2, -0.15) is 0 Å². The highest BCUT2D eigenvalue weighted by Gasteiger charge is 2.03. The topological polar surface area (TPSA) is 61.3 Å². The number of nitrogen functional groups attached to an aromatic ring is 2. The van der Waals surface area contributed by atoms with Crippen molar-refractivity contribution in [3.63, 3.8) is 0 Å². The number of hydrogen-bond acceptors (Lipinski definition) is 3. The van der Waals surface area contributed by atoms with Gasteiger partial charge in [0, 0.05) is 11.4 Å². The second-order valence-corrected chi connectivity index (χ2v) is 4.63. The molecule has 0 spiro atoms. The van der Waals surface area contributed by atoms with Crippen LogP contribution in [-0.4, -0.2) is 6.61 Å². The molecule has 0 aliphatic rings. The van der Waals surface area contributed by atoms with Crippen LogP contribution < -0.4 is 16.2 Å². The van der Waals surface area contributed by atoms with Gasteiger partial charge in [-0.25, -0.2) is 0 Å². The zero-order valence-electron chi connectivity index (χ0n) is 11.2. The minimum Gasteiger partial charge on any atom is -0.494 e. The van der Waals surface area contributed by atoms with Crippen LogP contribution in [0.15, 0.2) is 42.5 Å². The molecule has 3 nitrogen and oxygen atoms in total. The number of nitrogens with two attached hydrogens (primary N) is 2. The SMILES string of the molecule is CCCOc1cccc(Cc2cc(N)ccc2N)c1. The normalized spacial score (nSPS) is 10.4. The minimum absolute atomic E-state index is 0.739. The molecule has 3 heteroatoms. The molecule has 0 aliphatic heterocycles. The van der Waals surface area contributed by atoms with Crippen LogP contribution in [0.3, 0.4) is 0 Å². The summed E-state index contributed by atoms with van der Waals surface area (Å²) in [5.74, 6) is 0.904. The zero-order valence-corrected chi connectivity index (χ0v) is 11.2. The van der Waals surface area contributed by atoms with Crippen molar-refractivity contribution in [2.75, 3.05) is 18.1 Å². The van der Waals surface area contributed by atoms with Gasteiger partial charge in [-0.3, -0.25) is 0 Å². The van der Waals surface area contributed by atoms with E-state index in [1.807, 2.05) is 30.3 Å². The van der Waals surface area contributed by atoms with Gasteiger partial charge in [0.25, 0.3) is 0 Å². The van der Waals surface area contributed by atoms with Gasteiger partial charge in [0.05, 0.1) is 6.61 Å². The lowest BCUT2D eigenvalue weighted by molar-refractivity contribution is 0.317. The van der Waals surface area contributed by atoms with Crippen LogP contribution in [0.4, 0.5) is 11.4 Å². The molecule has 0 fully saturated rings. The first-order valence-electron chi connectivity index (χ1n) is 6.54. The molecule has 0 aromatic heterocycles. The summed E-state index contributed by atoms with van der Waals surface area (Å²) in [5.41, 5.74) is 15.5. The van der Waals surface area contributed by atoms with Crippen molar-refractivity contribution in [2.45, 2.75) is 19.8 Å². The molecule has 19 heavy (non-hydrogen) atoms. The van der Waals surface area contributed by atoms with E-state index >= 15 is 0 Å². The predicted molar refractivity (Wildman–Crippen MR) is 80.3 cm³/mol. The van der Waals surface area contributed by atoms with Gasteiger partial charge < -0.3 is 16.2 Å². The first kappa shape index (κ1) is 13.3. The van der Waals surface area contributed by atoms with E-state index in [1.165, 1.54) is 5.56 Å². The predicted octanol–water partition coefficient (Wildman–Crippen LogP) is 3.23. The van der Waals surface area contributed by atoms with Crippen molar-refractivity contribution in [3.05, 3.63) is 53.6 Å². The third-order valence-corrected chi connectivity index (χ3v) is 2.93. The maximum absolute atomic E-state index is 5.97. The van der Waals surface area contributed by atoms with Crippen molar-refractivity contribution in [3.8, 4) is 5.75 Å². The Morgan fingerprint density at radius 1 is 1.05 bits per heavy atom. The number of ether oxygens (including phenoxy) is 1. The Hall–Kier alpha value is -2.16. The number of hydrogen-bond donors (Lipinski definition) is 2. The largest absolute Gasteiger partial charge is 0.494 e. The average molecular weight is 256 g/mol. The van der Waals surface area contributed by atoms with Crippen LogP contribution in [0.25, 0.3) is 0 Å². The molecule has 0 saturated heterocycles. The van der Waals surface area contributed by atoms with Gasteiger partial charge in [0.15, 0.2) is 0 Å². The summed E-state index contributed by atoms with van der Waals surface area (Å²) in [7, 11) is 0. The average Bonchev–Trinajstić information content (AvgIpc) is 2.41. The summed E-state index contributed by atoms with van der Waals surface area (Å²) in [4.78, 5) is 0. The summed E-state index contributed by atoms with van der Waals surface area (Å²) >= 11 is 0. The highest BCUT2D eigenvalue weighted by atomic mass is 16.5. The molecule has 2 rings (SSSR count). The molecule has 0 bridgehead atoms. The highest BCUT2D eigenvalue weighted by molar-refractivity contribution is 5.56. The summed E-state index contributed by atoms with van der Waals surface area (Å²) < 4.78 is 5.63. The molecule has 0 aliphatic carbocycles. The second-order valence-electron chi connectivity index (χ2n) is 4.63. The van der Waals surface area contributed by atoms with E-state index in [4.69, 9.17) is 16.2 Å². The molecule has 0 unspecified atom stereocenters. The highest BCUT2D eigenvalue weighted by Crippen LogP contribution is 2.21. The molecular weight excluding hydrogens is 236 g/mol. The minimum atomic E-state index is 0.739. The smallest absolute Gasteiger partial charge is 0.119 e. The standard InChI is InChI=1S/C16H20N2O/c1-2-8-19-15-5-3-4-12(10-15)9-13-11-14(17)6-7-16(13)18/h3-7,10-11H,2,8-9,17-18H2,1H3. The molecule has 2 aromatic rings. The van der Waals surface area contributed by atoms with Gasteiger partial charge in [-0.1, -0.05) is 19.1 Å². The molecule has 100 valence electrons. The summed E-state index contributed by atoms with van der Waals surface area (Å²) in [6.07, 6.45) is 1.77. The van der Waals surface area contributed by atoms with E-state index < -0.39 is 0 Å². The molecule has 2 aromatic carbocycles. The van der Waals surface area contributed by atoms with Crippen molar-refractivity contribution in [1.82, 2.24) is 0 Å². The molecule has 0 atom stereocenters. The van der Waals surface area contributed by atoms with Gasteiger partial charge >= 0.3 is 0 Å². The quantitative estimate of drug-likeness (QED) is 0.807. The van der Waals surface area contributed by atoms with E-state index in [2.05, 4.69) is 19.1 Å². The number of benzene rings is 2. The van der Waals surface area contributed by atoms with E-state index in [9.17, 15) is 0 Å². The summed E-state index contributed by atoms with van der Waals surface area (Å²) in [6, 6.07) is 13.7. The number of anilines is 2. The van der Waals surface area contributed by atoms with E-state index in [0.29, 0.717) is 0 Å². The lowest BCUT2D eigenvalue weighted by atomic mass is 10.0. The fourth-order valence-electron chi connectivity index (χ4n) is 1.96. The van der Waals surface area contributed by atoms with Crippen molar-refractivity contribution >= 4 is 11.4 Å². The Kier molecular flexibility index (Phi) is 4.29. The Morgan fingerprint density at radius 2 is 1.89 bits per heavy atom. The van der Waals surface area contributed by atoms with Crippen molar-refractivity contribution in [2.24, 2.45) is 0 Å². The summed E-state index contributed by atoms with van der Waals surface area (Å²) in [6.45, 7) is 2.83. The van der Waals surface area contributed by atoms with Crippen LogP contribution in [0.5, 0.6) is 5.75 Å². The number of rotatable bonds is 5. The molecule has 0 saturated carbocycles. The van der Waals surface area contributed by atoms with Crippen molar-refractivity contribution < 1.29 is 4.74 Å². The first-order chi connectivity index (χ1) is 9.19. The Balaban J connectivity index is 2.16. The van der Waals surface area contributed by atoms with Crippen LogP contribution in [0.2, 0.25) is 0 Å². The lowest BCUT2D eigenvalue weighted by Gasteiger charge is -2.09. The van der Waals surface area contributed by atoms with E-state index in [-0.39, 0.29) is 0 Å². The fraction of sp³-hybridized carbons (Fsp3) is 0.250. The Bertz CT molecular complexity index is 552. The van der Waals surface area contributed by atoms with E-state index in [0.717, 1.165) is 42.1 Å². The van der Waals surface area contributed by atoms with Crippen LogP contribution in [0, 0.1) is 0 Å². The van der Waals surface area contributed by atoms with Gasteiger partial charge in [0.2, 0.25) is 0 Å². The fourth-order valence-corrected chi connectivity index (χ4v) is 1.96. The molecule has 0 radical (unpaired) electrons. The molecule has 0 amide bonds.